The van der Waals surface area contributed by atoms with Crippen molar-refractivity contribution in [2.75, 3.05) is 18.1 Å². The van der Waals surface area contributed by atoms with Gasteiger partial charge in [-0.25, -0.2) is 8.42 Å². The van der Waals surface area contributed by atoms with E-state index in [1.54, 1.807) is 30.3 Å². The zero-order valence-corrected chi connectivity index (χ0v) is 15.1. The molecule has 0 bridgehead atoms. The summed E-state index contributed by atoms with van der Waals surface area (Å²) in [5, 5.41) is 5.04. The Balaban J connectivity index is 1.94. The van der Waals surface area contributed by atoms with Gasteiger partial charge in [0.1, 0.15) is 0 Å². The van der Waals surface area contributed by atoms with Gasteiger partial charge in [-0.1, -0.05) is 22.0 Å². The van der Waals surface area contributed by atoms with Crippen LogP contribution in [0.3, 0.4) is 0 Å². The van der Waals surface area contributed by atoms with Gasteiger partial charge < -0.3 is 10.6 Å². The highest BCUT2D eigenvalue weighted by atomic mass is 79.9. The maximum Gasteiger partial charge on any atom is 0.251 e. The van der Waals surface area contributed by atoms with Gasteiger partial charge in [-0.15, -0.1) is 0 Å². The number of hydrogen-bond donors (Lipinski definition) is 2. The monoisotopic (exact) mass is 410 g/mol. The van der Waals surface area contributed by atoms with Crippen LogP contribution in [0.1, 0.15) is 10.4 Å². The molecule has 2 amide bonds. The van der Waals surface area contributed by atoms with Crippen molar-refractivity contribution in [3.63, 3.8) is 0 Å². The summed E-state index contributed by atoms with van der Waals surface area (Å²) in [6.45, 7) is -0.224. The SMILES string of the molecule is CS(=O)(=O)c1cccc(NC(=O)CNC(=O)c2ccc(Br)cc2)c1. The van der Waals surface area contributed by atoms with Crippen LogP contribution in [0.15, 0.2) is 57.9 Å². The first kappa shape index (κ1) is 18.2. The summed E-state index contributed by atoms with van der Waals surface area (Å²) in [7, 11) is -3.35. The first-order chi connectivity index (χ1) is 11.3. The van der Waals surface area contributed by atoms with E-state index in [9.17, 15) is 18.0 Å². The molecule has 2 rings (SSSR count). The zero-order chi connectivity index (χ0) is 17.7. The third kappa shape index (κ3) is 5.17. The molecule has 2 aromatic rings. The molecule has 0 spiro atoms. The van der Waals surface area contributed by atoms with E-state index < -0.39 is 15.7 Å². The van der Waals surface area contributed by atoms with Crippen molar-refractivity contribution in [3.05, 3.63) is 58.6 Å². The summed E-state index contributed by atoms with van der Waals surface area (Å²) in [6.07, 6.45) is 1.09. The van der Waals surface area contributed by atoms with Gasteiger partial charge >= 0.3 is 0 Å². The number of anilines is 1. The molecular weight excluding hydrogens is 396 g/mol. The number of benzene rings is 2. The summed E-state index contributed by atoms with van der Waals surface area (Å²) in [5.41, 5.74) is 0.783. The molecule has 126 valence electrons. The quantitative estimate of drug-likeness (QED) is 0.789. The van der Waals surface area contributed by atoms with E-state index in [0.29, 0.717) is 11.3 Å². The zero-order valence-electron chi connectivity index (χ0n) is 12.7. The summed E-state index contributed by atoms with van der Waals surface area (Å²) in [6, 6.07) is 12.6. The van der Waals surface area contributed by atoms with Crippen LogP contribution >= 0.6 is 15.9 Å². The molecule has 0 aliphatic carbocycles. The lowest BCUT2D eigenvalue weighted by Gasteiger charge is -2.08. The number of amides is 2. The van der Waals surface area contributed by atoms with Crippen LogP contribution in [0.4, 0.5) is 5.69 Å². The van der Waals surface area contributed by atoms with Crippen LogP contribution < -0.4 is 10.6 Å². The first-order valence-electron chi connectivity index (χ1n) is 6.89. The lowest BCUT2D eigenvalue weighted by atomic mass is 10.2. The smallest absolute Gasteiger partial charge is 0.251 e. The molecule has 0 saturated heterocycles. The van der Waals surface area contributed by atoms with Crippen molar-refractivity contribution in [1.29, 1.82) is 0 Å². The number of halogens is 1. The molecule has 24 heavy (non-hydrogen) atoms. The van der Waals surface area contributed by atoms with E-state index in [-0.39, 0.29) is 17.3 Å². The van der Waals surface area contributed by atoms with Crippen molar-refractivity contribution >= 4 is 43.3 Å². The van der Waals surface area contributed by atoms with E-state index in [1.807, 2.05) is 0 Å². The predicted octanol–water partition coefficient (Wildman–Crippen LogP) is 2.22. The Morgan fingerprint density at radius 3 is 2.38 bits per heavy atom. The molecule has 0 atom stereocenters. The average molecular weight is 411 g/mol. The molecule has 0 aliphatic rings. The number of rotatable bonds is 5. The topological polar surface area (TPSA) is 92.3 Å². The molecule has 8 heteroatoms. The second-order valence-electron chi connectivity index (χ2n) is 5.04. The van der Waals surface area contributed by atoms with Gasteiger partial charge in [-0.2, -0.15) is 0 Å². The molecule has 2 N–H and O–H groups in total. The normalized spacial score (nSPS) is 10.9. The van der Waals surface area contributed by atoms with Gasteiger partial charge in [-0.05, 0) is 42.5 Å². The first-order valence-corrected chi connectivity index (χ1v) is 9.58. The van der Waals surface area contributed by atoms with Crippen molar-refractivity contribution in [3.8, 4) is 0 Å². The lowest BCUT2D eigenvalue weighted by molar-refractivity contribution is -0.115. The second kappa shape index (κ2) is 7.59. The van der Waals surface area contributed by atoms with E-state index in [1.165, 1.54) is 18.2 Å². The minimum atomic E-state index is -3.35. The minimum Gasteiger partial charge on any atom is -0.343 e. The number of nitrogens with one attached hydrogen (secondary N) is 2. The number of carbonyl (C=O) groups is 2. The van der Waals surface area contributed by atoms with Crippen molar-refractivity contribution in [2.45, 2.75) is 4.90 Å². The summed E-state index contributed by atoms with van der Waals surface area (Å²) in [4.78, 5) is 23.9. The Bertz CT molecular complexity index is 864. The lowest BCUT2D eigenvalue weighted by Crippen LogP contribution is -2.32. The van der Waals surface area contributed by atoms with Gasteiger partial charge in [0, 0.05) is 22.0 Å². The van der Waals surface area contributed by atoms with Crippen molar-refractivity contribution in [1.82, 2.24) is 5.32 Å². The standard InChI is InChI=1S/C16H15BrN2O4S/c1-24(22,23)14-4-2-3-13(9-14)19-15(20)10-18-16(21)11-5-7-12(17)8-6-11/h2-9H,10H2,1H3,(H,18,21)(H,19,20). The summed E-state index contributed by atoms with van der Waals surface area (Å²) < 4.78 is 23.8. The highest BCUT2D eigenvalue weighted by Gasteiger charge is 2.10. The van der Waals surface area contributed by atoms with Gasteiger partial charge in [0.2, 0.25) is 5.91 Å². The molecule has 0 fully saturated rings. The Morgan fingerprint density at radius 2 is 1.75 bits per heavy atom. The number of hydrogen-bond acceptors (Lipinski definition) is 4. The average Bonchev–Trinajstić information content (AvgIpc) is 2.53. The van der Waals surface area contributed by atoms with Crippen LogP contribution in [0.25, 0.3) is 0 Å². The van der Waals surface area contributed by atoms with Crippen LogP contribution in [-0.2, 0) is 14.6 Å². The molecule has 6 nitrogen and oxygen atoms in total. The fraction of sp³-hybridized carbons (Fsp3) is 0.125. The Morgan fingerprint density at radius 1 is 1.08 bits per heavy atom. The largest absolute Gasteiger partial charge is 0.343 e. The molecule has 0 aromatic heterocycles. The van der Waals surface area contributed by atoms with Crippen LogP contribution in [-0.4, -0.2) is 33.0 Å². The minimum absolute atomic E-state index is 0.110. The van der Waals surface area contributed by atoms with Crippen LogP contribution in [0.2, 0.25) is 0 Å². The van der Waals surface area contributed by atoms with Crippen LogP contribution in [0, 0.1) is 0 Å². The molecular formula is C16H15BrN2O4S. The van der Waals surface area contributed by atoms with E-state index in [4.69, 9.17) is 0 Å². The number of sulfone groups is 1. The highest BCUT2D eigenvalue weighted by molar-refractivity contribution is 9.10. The second-order valence-corrected chi connectivity index (χ2v) is 7.97. The Hall–Kier alpha value is -2.19. The predicted molar refractivity (Wildman–Crippen MR) is 94.7 cm³/mol. The fourth-order valence-corrected chi connectivity index (χ4v) is 2.80. The van der Waals surface area contributed by atoms with Gasteiger partial charge in [0.05, 0.1) is 11.4 Å². The molecule has 0 saturated carbocycles. The maximum absolute atomic E-state index is 11.9. The van der Waals surface area contributed by atoms with Crippen molar-refractivity contribution < 1.29 is 18.0 Å². The third-order valence-corrected chi connectivity index (χ3v) is 4.70. The highest BCUT2D eigenvalue weighted by Crippen LogP contribution is 2.15. The molecule has 0 unspecified atom stereocenters. The number of carbonyl (C=O) groups excluding carboxylic acids is 2. The van der Waals surface area contributed by atoms with Crippen molar-refractivity contribution in [2.24, 2.45) is 0 Å². The molecule has 2 aromatic carbocycles. The summed E-state index contributed by atoms with van der Waals surface area (Å²) in [5.74, 6) is -0.825. The molecule has 0 radical (unpaired) electrons. The maximum atomic E-state index is 11.9. The van der Waals surface area contributed by atoms with E-state index in [2.05, 4.69) is 26.6 Å². The molecule has 0 heterocycles. The van der Waals surface area contributed by atoms with Gasteiger partial charge in [-0.3, -0.25) is 9.59 Å². The van der Waals surface area contributed by atoms with Gasteiger partial charge in [0.15, 0.2) is 9.84 Å². The van der Waals surface area contributed by atoms with E-state index in [0.717, 1.165) is 10.7 Å². The van der Waals surface area contributed by atoms with Gasteiger partial charge in [0.25, 0.3) is 5.91 Å². The Labute approximate surface area is 148 Å². The third-order valence-electron chi connectivity index (χ3n) is 3.06. The fourth-order valence-electron chi connectivity index (χ4n) is 1.87. The molecule has 0 aliphatic heterocycles. The van der Waals surface area contributed by atoms with E-state index >= 15 is 0 Å². The van der Waals surface area contributed by atoms with Crippen LogP contribution in [0.5, 0.6) is 0 Å². The Kier molecular flexibility index (Phi) is 5.74. The summed E-state index contributed by atoms with van der Waals surface area (Å²) >= 11 is 3.27.